The number of rotatable bonds is 7. The first-order valence-electron chi connectivity index (χ1n) is 8.68. The summed E-state index contributed by atoms with van der Waals surface area (Å²) in [5.74, 6) is 0.544. The Morgan fingerprint density at radius 2 is 2.00 bits per heavy atom. The minimum absolute atomic E-state index is 0.254. The van der Waals surface area contributed by atoms with Crippen molar-refractivity contribution in [2.75, 3.05) is 19.3 Å². The Bertz CT molecular complexity index is 802. The van der Waals surface area contributed by atoms with Gasteiger partial charge in [-0.05, 0) is 30.5 Å². The molecule has 1 aliphatic heterocycles. The maximum absolute atomic E-state index is 11.2. The number of benzene rings is 1. The van der Waals surface area contributed by atoms with Gasteiger partial charge in [0.05, 0.1) is 30.7 Å². The average molecular weight is 362 g/mol. The van der Waals surface area contributed by atoms with Gasteiger partial charge in [0.2, 0.25) is 10.0 Å². The van der Waals surface area contributed by atoms with E-state index >= 15 is 0 Å². The van der Waals surface area contributed by atoms with Gasteiger partial charge >= 0.3 is 0 Å². The lowest BCUT2D eigenvalue weighted by molar-refractivity contribution is 0.207. The highest BCUT2D eigenvalue weighted by Crippen LogP contribution is 2.21. The van der Waals surface area contributed by atoms with Gasteiger partial charge in [-0.2, -0.15) is 5.10 Å². The number of hydrogen-bond donors (Lipinski definition) is 1. The Labute approximate surface area is 149 Å². The van der Waals surface area contributed by atoms with Crippen molar-refractivity contribution in [3.8, 4) is 0 Å². The number of fused-ring (bicyclic) bond motifs is 1. The van der Waals surface area contributed by atoms with Crippen LogP contribution < -0.4 is 4.72 Å². The van der Waals surface area contributed by atoms with Gasteiger partial charge in [0, 0.05) is 13.1 Å². The first kappa shape index (κ1) is 18.1. The maximum atomic E-state index is 11.2. The average Bonchev–Trinajstić information content (AvgIpc) is 3.00. The van der Waals surface area contributed by atoms with E-state index in [-0.39, 0.29) is 6.54 Å². The molecule has 0 fully saturated rings. The van der Waals surface area contributed by atoms with E-state index in [0.717, 1.165) is 44.0 Å². The normalized spacial score (nSPS) is 16.6. The zero-order valence-corrected chi connectivity index (χ0v) is 15.7. The van der Waals surface area contributed by atoms with Crippen molar-refractivity contribution >= 4 is 10.0 Å². The molecule has 0 aliphatic carbocycles. The molecule has 0 saturated carbocycles. The van der Waals surface area contributed by atoms with Crippen LogP contribution in [-0.4, -0.2) is 42.4 Å². The number of sulfonamides is 1. The summed E-state index contributed by atoms with van der Waals surface area (Å²) in [4.78, 5) is 2.45. The van der Waals surface area contributed by atoms with Crippen molar-refractivity contribution in [2.24, 2.45) is 0 Å². The first-order valence-corrected chi connectivity index (χ1v) is 10.6. The van der Waals surface area contributed by atoms with Gasteiger partial charge in [0.1, 0.15) is 0 Å². The van der Waals surface area contributed by atoms with Crippen LogP contribution in [0.4, 0.5) is 0 Å². The highest BCUT2D eigenvalue weighted by molar-refractivity contribution is 7.88. The Morgan fingerprint density at radius 3 is 2.72 bits per heavy atom. The molecule has 0 radical (unpaired) electrons. The summed E-state index contributed by atoms with van der Waals surface area (Å²) in [7, 11) is -3.19. The molecule has 2 aromatic rings. The van der Waals surface area contributed by atoms with E-state index in [4.69, 9.17) is 0 Å². The molecular formula is C18H26N4O2S. The molecule has 6 nitrogen and oxygen atoms in total. The summed E-state index contributed by atoms with van der Waals surface area (Å²) in [6.07, 6.45) is 2.29. The van der Waals surface area contributed by atoms with E-state index in [0.29, 0.717) is 5.92 Å². The SMILES string of the molecule is CC(CCN1CCn2nc(CNS(C)(=O)=O)cc2C1)c1ccccc1. The molecule has 0 amide bonds. The molecule has 25 heavy (non-hydrogen) atoms. The highest BCUT2D eigenvalue weighted by atomic mass is 32.2. The predicted molar refractivity (Wildman–Crippen MR) is 98.7 cm³/mol. The van der Waals surface area contributed by atoms with Gasteiger partial charge in [-0.25, -0.2) is 13.1 Å². The topological polar surface area (TPSA) is 67.2 Å². The van der Waals surface area contributed by atoms with Gasteiger partial charge in [0.25, 0.3) is 0 Å². The fraction of sp³-hybridized carbons (Fsp3) is 0.500. The second kappa shape index (κ2) is 7.68. The van der Waals surface area contributed by atoms with Crippen LogP contribution in [0.15, 0.2) is 36.4 Å². The van der Waals surface area contributed by atoms with E-state index in [9.17, 15) is 8.42 Å². The molecule has 1 aromatic heterocycles. The van der Waals surface area contributed by atoms with Crippen LogP contribution >= 0.6 is 0 Å². The number of hydrogen-bond acceptors (Lipinski definition) is 4. The summed E-state index contributed by atoms with van der Waals surface area (Å²) < 4.78 is 26.9. The van der Waals surface area contributed by atoms with Gasteiger partial charge in [-0.1, -0.05) is 37.3 Å². The first-order chi connectivity index (χ1) is 11.9. The molecule has 0 saturated heterocycles. The third-order valence-electron chi connectivity index (χ3n) is 4.69. The van der Waals surface area contributed by atoms with Crippen LogP contribution in [-0.2, 0) is 29.7 Å². The van der Waals surface area contributed by atoms with Crippen LogP contribution in [0, 0.1) is 0 Å². The van der Waals surface area contributed by atoms with E-state index in [1.165, 1.54) is 11.8 Å². The van der Waals surface area contributed by atoms with Crippen LogP contribution in [0.3, 0.4) is 0 Å². The number of nitrogens with zero attached hydrogens (tertiary/aromatic N) is 3. The van der Waals surface area contributed by atoms with Crippen molar-refractivity contribution in [1.82, 2.24) is 19.4 Å². The second-order valence-electron chi connectivity index (χ2n) is 6.82. The van der Waals surface area contributed by atoms with Gasteiger partial charge in [0.15, 0.2) is 0 Å². The van der Waals surface area contributed by atoms with Crippen molar-refractivity contribution in [1.29, 1.82) is 0 Å². The van der Waals surface area contributed by atoms with Gasteiger partial charge < -0.3 is 0 Å². The highest BCUT2D eigenvalue weighted by Gasteiger charge is 2.19. The Hall–Kier alpha value is -1.70. The van der Waals surface area contributed by atoms with E-state index in [2.05, 4.69) is 52.0 Å². The summed E-state index contributed by atoms with van der Waals surface area (Å²) in [5, 5.41) is 4.49. The minimum Gasteiger partial charge on any atom is -0.296 e. The Kier molecular flexibility index (Phi) is 5.56. The van der Waals surface area contributed by atoms with Crippen LogP contribution in [0.5, 0.6) is 0 Å². The monoisotopic (exact) mass is 362 g/mol. The molecule has 1 atom stereocenters. The molecule has 7 heteroatoms. The smallest absolute Gasteiger partial charge is 0.209 e. The van der Waals surface area contributed by atoms with Crippen molar-refractivity contribution in [2.45, 2.75) is 38.9 Å². The van der Waals surface area contributed by atoms with Crippen molar-refractivity contribution in [3.63, 3.8) is 0 Å². The number of aromatic nitrogens is 2. The molecule has 1 aromatic carbocycles. The second-order valence-corrected chi connectivity index (χ2v) is 8.65. The minimum atomic E-state index is -3.19. The lowest BCUT2D eigenvalue weighted by Gasteiger charge is -2.28. The third-order valence-corrected chi connectivity index (χ3v) is 5.36. The third kappa shape index (κ3) is 5.14. The van der Waals surface area contributed by atoms with Crippen LogP contribution in [0.1, 0.15) is 36.2 Å². The largest absolute Gasteiger partial charge is 0.296 e. The molecular weight excluding hydrogens is 336 g/mol. The van der Waals surface area contributed by atoms with Crippen molar-refractivity contribution < 1.29 is 8.42 Å². The van der Waals surface area contributed by atoms with E-state index in [1.54, 1.807) is 0 Å². The Morgan fingerprint density at radius 1 is 1.24 bits per heavy atom. The molecule has 1 unspecified atom stereocenters. The lowest BCUT2D eigenvalue weighted by atomic mass is 9.97. The summed E-state index contributed by atoms with van der Waals surface area (Å²) in [5.41, 5.74) is 3.32. The Balaban J connectivity index is 1.53. The molecule has 3 rings (SSSR count). The zero-order valence-electron chi connectivity index (χ0n) is 14.9. The fourth-order valence-electron chi connectivity index (χ4n) is 3.19. The van der Waals surface area contributed by atoms with Gasteiger partial charge in [-0.15, -0.1) is 0 Å². The quantitative estimate of drug-likeness (QED) is 0.817. The molecule has 0 spiro atoms. The fourth-order valence-corrected chi connectivity index (χ4v) is 3.60. The summed E-state index contributed by atoms with van der Waals surface area (Å²) in [6.45, 7) is 6.29. The van der Waals surface area contributed by atoms with Crippen LogP contribution in [0.2, 0.25) is 0 Å². The summed E-state index contributed by atoms with van der Waals surface area (Å²) >= 11 is 0. The van der Waals surface area contributed by atoms with E-state index < -0.39 is 10.0 Å². The van der Waals surface area contributed by atoms with Gasteiger partial charge in [-0.3, -0.25) is 9.58 Å². The summed E-state index contributed by atoms with van der Waals surface area (Å²) in [6, 6.07) is 12.6. The zero-order chi connectivity index (χ0) is 17.9. The predicted octanol–water partition coefficient (Wildman–Crippen LogP) is 1.94. The lowest BCUT2D eigenvalue weighted by Crippen LogP contribution is -2.34. The molecule has 136 valence electrons. The molecule has 0 bridgehead atoms. The molecule has 1 aliphatic rings. The maximum Gasteiger partial charge on any atom is 0.209 e. The number of nitrogens with one attached hydrogen (secondary N) is 1. The molecule has 1 N–H and O–H groups in total. The van der Waals surface area contributed by atoms with Crippen LogP contribution in [0.25, 0.3) is 0 Å². The molecule has 2 heterocycles. The van der Waals surface area contributed by atoms with Crippen molar-refractivity contribution in [3.05, 3.63) is 53.3 Å². The standard InChI is InChI=1S/C18H26N4O2S/c1-15(16-6-4-3-5-7-16)8-9-21-10-11-22-18(14-21)12-17(20-22)13-19-25(2,23)24/h3-7,12,15,19H,8-11,13-14H2,1-2H3. The van der Waals surface area contributed by atoms with E-state index in [1.807, 2.05) is 10.7 Å².